The zero-order chi connectivity index (χ0) is 14.7. The molecule has 0 aliphatic heterocycles. The van der Waals surface area contributed by atoms with Gasteiger partial charge in [-0.1, -0.05) is 29.2 Å². The van der Waals surface area contributed by atoms with Gasteiger partial charge in [0.25, 0.3) is 0 Å². The standard InChI is InChI=1S/C15H21N5O/c1-12-3-5-13(6-4-12)20-14(17-18-19-20)16-11-15(9-10-21)7-2-8-15/h3-6,21H,2,7-11H2,1H3,(H,16,17,19). The van der Waals surface area contributed by atoms with E-state index < -0.39 is 0 Å². The average molecular weight is 287 g/mol. The van der Waals surface area contributed by atoms with Crippen molar-refractivity contribution < 1.29 is 5.11 Å². The van der Waals surface area contributed by atoms with Crippen LogP contribution in [0.5, 0.6) is 0 Å². The van der Waals surface area contributed by atoms with E-state index in [1.54, 1.807) is 4.68 Å². The minimum absolute atomic E-state index is 0.207. The van der Waals surface area contributed by atoms with E-state index in [0.717, 1.165) is 31.5 Å². The molecular weight excluding hydrogens is 266 g/mol. The number of hydrogen-bond acceptors (Lipinski definition) is 5. The summed E-state index contributed by atoms with van der Waals surface area (Å²) in [5.41, 5.74) is 2.36. The second-order valence-corrected chi connectivity index (χ2v) is 5.93. The molecule has 0 unspecified atom stereocenters. The summed E-state index contributed by atoms with van der Waals surface area (Å²) in [7, 11) is 0. The predicted octanol–water partition coefficient (Wildman–Crippen LogP) is 1.94. The Morgan fingerprint density at radius 3 is 2.67 bits per heavy atom. The van der Waals surface area contributed by atoms with Crippen LogP contribution in [0.3, 0.4) is 0 Å². The number of anilines is 1. The van der Waals surface area contributed by atoms with Crippen LogP contribution in [0.15, 0.2) is 24.3 Å². The fourth-order valence-corrected chi connectivity index (χ4v) is 2.85. The van der Waals surface area contributed by atoms with Crippen molar-refractivity contribution in [3.05, 3.63) is 29.8 Å². The maximum Gasteiger partial charge on any atom is 0.247 e. The first-order chi connectivity index (χ1) is 10.2. The second-order valence-electron chi connectivity index (χ2n) is 5.93. The smallest absolute Gasteiger partial charge is 0.247 e. The van der Waals surface area contributed by atoms with Gasteiger partial charge in [0.2, 0.25) is 5.95 Å². The second kappa shape index (κ2) is 5.81. The summed E-state index contributed by atoms with van der Waals surface area (Å²) in [6.07, 6.45) is 4.40. The monoisotopic (exact) mass is 287 g/mol. The van der Waals surface area contributed by atoms with Crippen molar-refractivity contribution in [3.63, 3.8) is 0 Å². The maximum atomic E-state index is 9.21. The first-order valence-electron chi connectivity index (χ1n) is 7.43. The summed E-state index contributed by atoms with van der Waals surface area (Å²) in [6, 6.07) is 8.09. The fourth-order valence-electron chi connectivity index (χ4n) is 2.85. The summed E-state index contributed by atoms with van der Waals surface area (Å²) in [4.78, 5) is 0. The summed E-state index contributed by atoms with van der Waals surface area (Å²) < 4.78 is 1.71. The van der Waals surface area contributed by atoms with E-state index in [1.165, 1.54) is 12.0 Å². The Labute approximate surface area is 124 Å². The van der Waals surface area contributed by atoms with Gasteiger partial charge in [-0.25, -0.2) is 0 Å². The molecule has 1 saturated carbocycles. The highest BCUT2D eigenvalue weighted by Crippen LogP contribution is 2.43. The molecule has 3 rings (SSSR count). The van der Waals surface area contributed by atoms with Crippen LogP contribution in [0.25, 0.3) is 5.69 Å². The third-order valence-electron chi connectivity index (χ3n) is 4.43. The molecule has 1 aliphatic rings. The molecule has 0 bridgehead atoms. The van der Waals surface area contributed by atoms with Gasteiger partial charge in [0.15, 0.2) is 0 Å². The molecule has 1 fully saturated rings. The molecule has 1 aliphatic carbocycles. The van der Waals surface area contributed by atoms with Gasteiger partial charge in [-0.3, -0.25) is 0 Å². The Balaban J connectivity index is 1.72. The predicted molar refractivity (Wildman–Crippen MR) is 80.4 cm³/mol. The normalized spacial score (nSPS) is 16.5. The number of nitrogens with one attached hydrogen (secondary N) is 1. The molecule has 1 aromatic heterocycles. The molecule has 6 nitrogen and oxygen atoms in total. The third-order valence-corrected chi connectivity index (χ3v) is 4.43. The fraction of sp³-hybridized carbons (Fsp3) is 0.533. The van der Waals surface area contributed by atoms with Crippen LogP contribution in [0.4, 0.5) is 5.95 Å². The number of tetrazole rings is 1. The van der Waals surface area contributed by atoms with Gasteiger partial charge < -0.3 is 10.4 Å². The van der Waals surface area contributed by atoms with Crippen molar-refractivity contribution in [1.82, 2.24) is 20.2 Å². The number of rotatable bonds is 6. The number of aromatic nitrogens is 4. The van der Waals surface area contributed by atoms with Crippen molar-refractivity contribution in [2.24, 2.45) is 5.41 Å². The van der Waals surface area contributed by atoms with Crippen LogP contribution in [0, 0.1) is 12.3 Å². The Bertz CT molecular complexity index is 588. The molecule has 2 aromatic rings. The van der Waals surface area contributed by atoms with Gasteiger partial charge in [0, 0.05) is 13.2 Å². The zero-order valence-electron chi connectivity index (χ0n) is 12.3. The highest BCUT2D eigenvalue weighted by atomic mass is 16.3. The zero-order valence-corrected chi connectivity index (χ0v) is 12.3. The molecule has 1 aromatic carbocycles. The van der Waals surface area contributed by atoms with E-state index in [2.05, 4.69) is 27.8 Å². The van der Waals surface area contributed by atoms with Crippen LogP contribution in [0.1, 0.15) is 31.2 Å². The summed E-state index contributed by atoms with van der Waals surface area (Å²) in [5.74, 6) is 0.656. The summed E-state index contributed by atoms with van der Waals surface area (Å²) in [5, 5.41) is 24.4. The first-order valence-corrected chi connectivity index (χ1v) is 7.43. The molecule has 0 spiro atoms. The first kappa shape index (κ1) is 14.0. The van der Waals surface area contributed by atoms with Crippen LogP contribution in [-0.2, 0) is 0 Å². The number of nitrogens with zero attached hydrogens (tertiary/aromatic N) is 4. The summed E-state index contributed by atoms with van der Waals surface area (Å²) in [6.45, 7) is 3.10. The van der Waals surface area contributed by atoms with E-state index in [9.17, 15) is 5.11 Å². The Morgan fingerprint density at radius 2 is 2.05 bits per heavy atom. The van der Waals surface area contributed by atoms with E-state index in [0.29, 0.717) is 5.95 Å². The van der Waals surface area contributed by atoms with E-state index >= 15 is 0 Å². The van der Waals surface area contributed by atoms with Gasteiger partial charge in [0.05, 0.1) is 5.69 Å². The van der Waals surface area contributed by atoms with Gasteiger partial charge in [-0.2, -0.15) is 4.68 Å². The molecule has 112 valence electrons. The molecule has 1 heterocycles. The van der Waals surface area contributed by atoms with Crippen molar-refractivity contribution in [1.29, 1.82) is 0 Å². The lowest BCUT2D eigenvalue weighted by atomic mass is 9.67. The lowest BCUT2D eigenvalue weighted by molar-refractivity contribution is 0.101. The Hall–Kier alpha value is -1.95. The van der Waals surface area contributed by atoms with Crippen molar-refractivity contribution in [2.45, 2.75) is 32.6 Å². The van der Waals surface area contributed by atoms with Crippen LogP contribution < -0.4 is 5.32 Å². The van der Waals surface area contributed by atoms with Crippen molar-refractivity contribution in [3.8, 4) is 5.69 Å². The van der Waals surface area contributed by atoms with Gasteiger partial charge in [0.1, 0.15) is 0 Å². The van der Waals surface area contributed by atoms with Crippen LogP contribution >= 0.6 is 0 Å². The van der Waals surface area contributed by atoms with Gasteiger partial charge in [-0.05, 0) is 54.2 Å². The molecule has 0 atom stereocenters. The Morgan fingerprint density at radius 1 is 1.29 bits per heavy atom. The molecule has 6 heteroatoms. The average Bonchev–Trinajstić information content (AvgIpc) is 2.91. The number of aliphatic hydroxyl groups excluding tert-OH is 1. The lowest BCUT2D eigenvalue weighted by Gasteiger charge is -2.41. The largest absolute Gasteiger partial charge is 0.396 e. The molecule has 0 amide bonds. The Kier molecular flexibility index (Phi) is 3.88. The van der Waals surface area contributed by atoms with Gasteiger partial charge >= 0.3 is 0 Å². The van der Waals surface area contributed by atoms with Crippen LogP contribution in [0.2, 0.25) is 0 Å². The highest BCUT2D eigenvalue weighted by Gasteiger charge is 2.36. The summed E-state index contributed by atoms with van der Waals surface area (Å²) >= 11 is 0. The van der Waals surface area contributed by atoms with E-state index in [1.807, 2.05) is 24.3 Å². The van der Waals surface area contributed by atoms with Crippen molar-refractivity contribution >= 4 is 5.95 Å². The van der Waals surface area contributed by atoms with Crippen LogP contribution in [-0.4, -0.2) is 38.5 Å². The van der Waals surface area contributed by atoms with Crippen molar-refractivity contribution in [2.75, 3.05) is 18.5 Å². The SMILES string of the molecule is Cc1ccc(-n2nnnc2NCC2(CCO)CCC2)cc1. The number of hydrogen-bond donors (Lipinski definition) is 2. The number of aryl methyl sites for hydroxylation is 1. The van der Waals surface area contributed by atoms with E-state index in [-0.39, 0.29) is 12.0 Å². The minimum Gasteiger partial charge on any atom is -0.396 e. The number of aliphatic hydroxyl groups is 1. The topological polar surface area (TPSA) is 75.9 Å². The molecule has 0 saturated heterocycles. The lowest BCUT2D eigenvalue weighted by Crippen LogP contribution is -2.37. The minimum atomic E-state index is 0.207. The third kappa shape index (κ3) is 2.90. The number of benzene rings is 1. The highest BCUT2D eigenvalue weighted by molar-refractivity contribution is 5.40. The molecule has 0 radical (unpaired) electrons. The maximum absolute atomic E-state index is 9.21. The molecular formula is C15H21N5O. The molecule has 21 heavy (non-hydrogen) atoms. The molecule has 2 N–H and O–H groups in total. The quantitative estimate of drug-likeness (QED) is 0.849. The van der Waals surface area contributed by atoms with Gasteiger partial charge in [-0.15, -0.1) is 0 Å². The van der Waals surface area contributed by atoms with E-state index in [4.69, 9.17) is 0 Å².